The average molecular weight is 389 g/mol. The Kier molecular flexibility index (Phi) is 4.78. The fourth-order valence-corrected chi connectivity index (χ4v) is 5.22. The zero-order valence-corrected chi connectivity index (χ0v) is 16.9. The number of hydrogen-bond acceptors (Lipinski definition) is 3. The van der Waals surface area contributed by atoms with Crippen LogP contribution in [0.5, 0.6) is 5.75 Å². The first kappa shape index (κ1) is 18.3. The zero-order valence-electron chi connectivity index (χ0n) is 16.9. The number of amides is 1. The van der Waals surface area contributed by atoms with E-state index in [9.17, 15) is 4.79 Å². The van der Waals surface area contributed by atoms with E-state index in [4.69, 9.17) is 4.74 Å². The van der Waals surface area contributed by atoms with Crippen LogP contribution < -0.4 is 10.1 Å². The lowest BCUT2D eigenvalue weighted by Crippen LogP contribution is -2.33. The minimum absolute atomic E-state index is 0.123. The molecule has 29 heavy (non-hydrogen) atoms. The molecular weight excluding hydrogens is 360 g/mol. The van der Waals surface area contributed by atoms with Crippen molar-refractivity contribution in [3.63, 3.8) is 0 Å². The summed E-state index contributed by atoms with van der Waals surface area (Å²) in [7, 11) is 0. The normalized spacial score (nSPS) is 24.7. The van der Waals surface area contributed by atoms with Gasteiger partial charge in [0, 0.05) is 24.6 Å². The average Bonchev–Trinajstić information content (AvgIpc) is 3.45. The van der Waals surface area contributed by atoms with Gasteiger partial charge < -0.3 is 15.0 Å². The van der Waals surface area contributed by atoms with Gasteiger partial charge in [0.05, 0.1) is 23.9 Å². The highest BCUT2D eigenvalue weighted by molar-refractivity contribution is 6.01. The molecule has 1 fully saturated rings. The molecule has 1 saturated heterocycles. The van der Waals surface area contributed by atoms with Crippen molar-refractivity contribution in [1.29, 1.82) is 0 Å². The lowest BCUT2D eigenvalue weighted by atomic mass is 9.76. The lowest BCUT2D eigenvalue weighted by Gasteiger charge is -2.39. The Morgan fingerprint density at radius 1 is 1.10 bits per heavy atom. The Bertz CT molecular complexity index is 946. The van der Waals surface area contributed by atoms with Gasteiger partial charge in [0.15, 0.2) is 0 Å². The minimum Gasteiger partial charge on any atom is -0.494 e. The van der Waals surface area contributed by atoms with E-state index < -0.39 is 0 Å². The third-order valence-corrected chi connectivity index (χ3v) is 6.57. The number of nitrogens with zero attached hydrogens (tertiary/aromatic N) is 1. The molecule has 1 amide bonds. The highest BCUT2D eigenvalue weighted by Crippen LogP contribution is 2.52. The molecule has 5 rings (SSSR count). The maximum absolute atomic E-state index is 13.3. The van der Waals surface area contributed by atoms with Gasteiger partial charge in [-0.2, -0.15) is 0 Å². The van der Waals surface area contributed by atoms with Crippen molar-refractivity contribution in [1.82, 2.24) is 4.90 Å². The number of hydrogen-bond donors (Lipinski definition) is 1. The summed E-state index contributed by atoms with van der Waals surface area (Å²) in [6.45, 7) is 4.40. The Balaban J connectivity index is 1.58. The number of ether oxygens (including phenoxy) is 1. The first-order chi connectivity index (χ1) is 14.3. The van der Waals surface area contributed by atoms with E-state index >= 15 is 0 Å². The fraction of sp³-hybridized carbons (Fsp3) is 0.400. The van der Waals surface area contributed by atoms with Gasteiger partial charge in [-0.05, 0) is 49.8 Å². The molecule has 2 aromatic rings. The molecule has 150 valence electrons. The second-order valence-electron chi connectivity index (χ2n) is 8.22. The van der Waals surface area contributed by atoms with Crippen LogP contribution in [0.2, 0.25) is 0 Å². The number of rotatable bonds is 4. The number of benzene rings is 2. The van der Waals surface area contributed by atoms with Crippen molar-refractivity contribution in [2.45, 2.75) is 38.1 Å². The van der Waals surface area contributed by atoms with E-state index in [2.05, 4.69) is 41.7 Å². The molecule has 0 aromatic heterocycles. The Labute approximate surface area is 172 Å². The standard InChI is InChI=1S/C25H28N2O2/c1-2-29-22-14-4-3-9-20(22)23-18-11-7-10-17(18)19-12-8-13-21(24(19)26-23)25(28)27-15-5-6-16-27/h3-4,7-10,12-14,17-18,23,26H,2,5-6,11,15-16H2,1H3. The van der Waals surface area contributed by atoms with E-state index in [0.29, 0.717) is 18.4 Å². The molecule has 4 heteroatoms. The molecular formula is C25H28N2O2. The van der Waals surface area contributed by atoms with Crippen molar-refractivity contribution >= 4 is 11.6 Å². The molecule has 1 aliphatic carbocycles. The molecule has 4 nitrogen and oxygen atoms in total. The van der Waals surface area contributed by atoms with Crippen LogP contribution in [0.4, 0.5) is 5.69 Å². The minimum atomic E-state index is 0.123. The number of nitrogens with one attached hydrogen (secondary N) is 1. The van der Waals surface area contributed by atoms with Crippen LogP contribution in [0.15, 0.2) is 54.6 Å². The quantitative estimate of drug-likeness (QED) is 0.737. The highest BCUT2D eigenvalue weighted by atomic mass is 16.5. The summed E-state index contributed by atoms with van der Waals surface area (Å²) in [5, 5.41) is 3.79. The first-order valence-electron chi connectivity index (χ1n) is 10.8. The first-order valence-corrected chi connectivity index (χ1v) is 10.8. The monoisotopic (exact) mass is 388 g/mol. The summed E-state index contributed by atoms with van der Waals surface area (Å²) in [6, 6.07) is 14.6. The topological polar surface area (TPSA) is 41.6 Å². The zero-order chi connectivity index (χ0) is 19.8. The van der Waals surface area contributed by atoms with Crippen LogP contribution in [-0.2, 0) is 0 Å². The van der Waals surface area contributed by atoms with E-state index in [1.54, 1.807) is 0 Å². The van der Waals surface area contributed by atoms with Crippen molar-refractivity contribution in [3.8, 4) is 5.75 Å². The second-order valence-corrected chi connectivity index (χ2v) is 8.22. The molecule has 0 bridgehead atoms. The molecule has 0 saturated carbocycles. The van der Waals surface area contributed by atoms with Crippen LogP contribution >= 0.6 is 0 Å². The van der Waals surface area contributed by atoms with Gasteiger partial charge in [-0.1, -0.05) is 42.5 Å². The number of para-hydroxylation sites is 2. The molecule has 3 atom stereocenters. The number of likely N-dealkylation sites (tertiary alicyclic amines) is 1. The van der Waals surface area contributed by atoms with Crippen LogP contribution in [0.1, 0.15) is 59.6 Å². The van der Waals surface area contributed by atoms with E-state index in [1.165, 1.54) is 11.1 Å². The van der Waals surface area contributed by atoms with E-state index in [1.807, 2.05) is 30.0 Å². The molecule has 2 aromatic carbocycles. The Morgan fingerprint density at radius 2 is 1.90 bits per heavy atom. The molecule has 0 radical (unpaired) electrons. The predicted octanol–water partition coefficient (Wildman–Crippen LogP) is 5.15. The molecule has 2 heterocycles. The maximum atomic E-state index is 13.3. The van der Waals surface area contributed by atoms with Gasteiger partial charge in [0.2, 0.25) is 0 Å². The smallest absolute Gasteiger partial charge is 0.255 e. The van der Waals surface area contributed by atoms with E-state index in [0.717, 1.165) is 49.4 Å². The fourth-order valence-electron chi connectivity index (χ4n) is 5.22. The van der Waals surface area contributed by atoms with Crippen LogP contribution in [0, 0.1) is 5.92 Å². The molecule has 0 spiro atoms. The van der Waals surface area contributed by atoms with Crippen molar-refractivity contribution in [3.05, 3.63) is 71.3 Å². The third-order valence-electron chi connectivity index (χ3n) is 6.57. The number of allylic oxidation sites excluding steroid dienone is 2. The molecule has 2 aliphatic heterocycles. The van der Waals surface area contributed by atoms with Crippen LogP contribution in [-0.4, -0.2) is 30.5 Å². The van der Waals surface area contributed by atoms with E-state index in [-0.39, 0.29) is 11.9 Å². The molecule has 1 N–H and O–H groups in total. The SMILES string of the molecule is CCOc1ccccc1C1Nc2c(C(=O)N3CCCC3)cccc2C2C=CCC21. The van der Waals surface area contributed by atoms with Gasteiger partial charge in [-0.25, -0.2) is 0 Å². The number of anilines is 1. The lowest BCUT2D eigenvalue weighted by molar-refractivity contribution is 0.0793. The van der Waals surface area contributed by atoms with Gasteiger partial charge in [0.25, 0.3) is 5.91 Å². The summed E-state index contributed by atoms with van der Waals surface area (Å²) in [5.41, 5.74) is 4.25. The van der Waals surface area contributed by atoms with Crippen molar-refractivity contribution in [2.24, 2.45) is 5.92 Å². The molecule has 3 aliphatic rings. The third kappa shape index (κ3) is 3.11. The summed E-state index contributed by atoms with van der Waals surface area (Å²) in [4.78, 5) is 15.3. The second kappa shape index (κ2) is 7.58. The van der Waals surface area contributed by atoms with Gasteiger partial charge in [-0.3, -0.25) is 4.79 Å². The van der Waals surface area contributed by atoms with Crippen LogP contribution in [0.3, 0.4) is 0 Å². The number of carbonyl (C=O) groups excluding carboxylic acids is 1. The maximum Gasteiger partial charge on any atom is 0.255 e. The largest absolute Gasteiger partial charge is 0.494 e. The van der Waals surface area contributed by atoms with Crippen molar-refractivity contribution < 1.29 is 9.53 Å². The highest BCUT2D eigenvalue weighted by Gasteiger charge is 2.40. The van der Waals surface area contributed by atoms with Gasteiger partial charge >= 0.3 is 0 Å². The van der Waals surface area contributed by atoms with Gasteiger partial charge in [0.1, 0.15) is 5.75 Å². The molecule has 3 unspecified atom stereocenters. The summed E-state index contributed by atoms with van der Waals surface area (Å²) < 4.78 is 5.95. The number of fused-ring (bicyclic) bond motifs is 3. The Hall–Kier alpha value is -2.75. The Morgan fingerprint density at radius 3 is 2.72 bits per heavy atom. The van der Waals surface area contributed by atoms with Crippen molar-refractivity contribution in [2.75, 3.05) is 25.0 Å². The summed E-state index contributed by atoms with van der Waals surface area (Å²) in [5.74, 6) is 1.85. The number of carbonyl (C=O) groups is 1. The predicted molar refractivity (Wildman–Crippen MR) is 116 cm³/mol. The summed E-state index contributed by atoms with van der Waals surface area (Å²) in [6.07, 6.45) is 7.85. The summed E-state index contributed by atoms with van der Waals surface area (Å²) >= 11 is 0. The van der Waals surface area contributed by atoms with Gasteiger partial charge in [-0.15, -0.1) is 0 Å². The van der Waals surface area contributed by atoms with Crippen LogP contribution in [0.25, 0.3) is 0 Å².